The number of hydrogen-bond donors (Lipinski definition) is 2. The lowest BCUT2D eigenvalue weighted by Crippen LogP contribution is -2.35. The minimum atomic E-state index is -0.331. The van der Waals surface area contributed by atoms with E-state index in [0.29, 0.717) is 9.88 Å². The molecule has 1 atom stereocenters. The first-order chi connectivity index (χ1) is 13.4. The highest BCUT2D eigenvalue weighted by Crippen LogP contribution is 2.41. The highest BCUT2D eigenvalue weighted by molar-refractivity contribution is 7.18. The van der Waals surface area contributed by atoms with Crippen molar-refractivity contribution in [3.05, 3.63) is 76.6 Å². The van der Waals surface area contributed by atoms with Crippen LogP contribution in [0.4, 0.5) is 5.00 Å². The fourth-order valence-electron chi connectivity index (χ4n) is 3.70. The van der Waals surface area contributed by atoms with Crippen LogP contribution in [0.3, 0.4) is 0 Å². The van der Waals surface area contributed by atoms with Gasteiger partial charge in [0, 0.05) is 0 Å². The van der Waals surface area contributed by atoms with Crippen LogP contribution in [0.15, 0.2) is 59.2 Å². The number of hydrogen-bond acceptors (Lipinski definition) is 4. The maximum Gasteiger partial charge on any atom is 0.291 e. The Labute approximate surface area is 167 Å². The van der Waals surface area contributed by atoms with Crippen LogP contribution in [-0.2, 0) is 5.41 Å². The monoisotopic (exact) mass is 394 g/mol. The van der Waals surface area contributed by atoms with Crippen molar-refractivity contribution < 1.29 is 14.0 Å². The zero-order chi connectivity index (χ0) is 19.7. The summed E-state index contributed by atoms with van der Waals surface area (Å²) in [6, 6.07) is 15.1. The third kappa shape index (κ3) is 3.60. The van der Waals surface area contributed by atoms with Crippen molar-refractivity contribution in [2.24, 2.45) is 0 Å². The van der Waals surface area contributed by atoms with Gasteiger partial charge in [0.05, 0.1) is 22.2 Å². The Hall–Kier alpha value is -2.86. The maximum absolute atomic E-state index is 12.8. The van der Waals surface area contributed by atoms with Crippen LogP contribution in [0, 0.1) is 0 Å². The minimum Gasteiger partial charge on any atom is -0.459 e. The normalized spacial score (nSPS) is 17.6. The van der Waals surface area contributed by atoms with E-state index in [-0.39, 0.29) is 29.0 Å². The van der Waals surface area contributed by atoms with E-state index in [0.717, 1.165) is 12.8 Å². The van der Waals surface area contributed by atoms with E-state index in [1.807, 2.05) is 6.07 Å². The Kier molecular flexibility index (Phi) is 4.81. The molecule has 4 rings (SSSR count). The summed E-state index contributed by atoms with van der Waals surface area (Å²) in [5.41, 5.74) is 2.60. The molecule has 0 spiro atoms. The third-order valence-electron chi connectivity index (χ3n) is 5.24. The second-order valence-corrected chi connectivity index (χ2v) is 8.71. The Morgan fingerprint density at radius 3 is 2.68 bits per heavy atom. The Morgan fingerprint density at radius 1 is 1.07 bits per heavy atom. The number of carbonyl (C=O) groups excluding carboxylic acids is 2. The number of furan rings is 1. The summed E-state index contributed by atoms with van der Waals surface area (Å²) in [5, 5.41) is 6.53. The van der Waals surface area contributed by atoms with E-state index < -0.39 is 0 Å². The van der Waals surface area contributed by atoms with Gasteiger partial charge in [-0.1, -0.05) is 38.1 Å². The summed E-state index contributed by atoms with van der Waals surface area (Å²) in [4.78, 5) is 25.4. The van der Waals surface area contributed by atoms with Crippen molar-refractivity contribution in [2.75, 3.05) is 5.32 Å². The van der Waals surface area contributed by atoms with Crippen LogP contribution in [0.1, 0.15) is 64.1 Å². The average molecular weight is 394 g/mol. The fourth-order valence-corrected chi connectivity index (χ4v) is 4.50. The lowest BCUT2D eigenvalue weighted by molar-refractivity contribution is 0.0932. The van der Waals surface area contributed by atoms with Gasteiger partial charge in [0.15, 0.2) is 5.76 Å². The standard InChI is InChI=1S/C22H22N2O3S/c1-22(2)12-11-16(14-6-3-4-7-15(14)22)23-21(26)18-9-10-19(28-18)24-20(25)17-8-5-13-27-17/h3-10,13,16H,11-12H2,1-2H3,(H,23,26)(H,24,25)/t16-/m1/s1. The zero-order valence-electron chi connectivity index (χ0n) is 15.8. The Bertz CT molecular complexity index is 1000. The molecule has 0 unspecified atom stereocenters. The molecule has 0 saturated carbocycles. The molecule has 5 nitrogen and oxygen atoms in total. The smallest absolute Gasteiger partial charge is 0.291 e. The largest absolute Gasteiger partial charge is 0.459 e. The molecule has 0 saturated heterocycles. The molecule has 2 aromatic heterocycles. The molecular weight excluding hydrogens is 372 g/mol. The molecule has 0 radical (unpaired) electrons. The van der Waals surface area contributed by atoms with Crippen LogP contribution in [0.5, 0.6) is 0 Å². The lowest BCUT2D eigenvalue weighted by atomic mass is 9.71. The fraction of sp³-hybridized carbons (Fsp3) is 0.273. The number of nitrogens with one attached hydrogen (secondary N) is 2. The van der Waals surface area contributed by atoms with Gasteiger partial charge in [0.2, 0.25) is 0 Å². The van der Waals surface area contributed by atoms with Crippen LogP contribution in [0.25, 0.3) is 0 Å². The maximum atomic E-state index is 12.8. The number of fused-ring (bicyclic) bond motifs is 1. The molecule has 2 amide bonds. The van der Waals surface area contributed by atoms with Gasteiger partial charge >= 0.3 is 0 Å². The van der Waals surface area contributed by atoms with Gasteiger partial charge in [-0.05, 0) is 53.6 Å². The summed E-state index contributed by atoms with van der Waals surface area (Å²) < 4.78 is 5.09. The van der Waals surface area contributed by atoms with E-state index >= 15 is 0 Å². The molecule has 3 aromatic rings. The van der Waals surface area contributed by atoms with Gasteiger partial charge in [-0.15, -0.1) is 11.3 Å². The van der Waals surface area contributed by atoms with Crippen molar-refractivity contribution >= 4 is 28.2 Å². The van der Waals surface area contributed by atoms with E-state index in [1.165, 1.54) is 28.7 Å². The molecule has 28 heavy (non-hydrogen) atoms. The van der Waals surface area contributed by atoms with Gasteiger partial charge in [0.1, 0.15) is 0 Å². The van der Waals surface area contributed by atoms with Gasteiger partial charge in [-0.3, -0.25) is 9.59 Å². The lowest BCUT2D eigenvalue weighted by Gasteiger charge is -2.37. The van der Waals surface area contributed by atoms with Crippen LogP contribution < -0.4 is 10.6 Å². The van der Waals surface area contributed by atoms with Gasteiger partial charge in [0.25, 0.3) is 11.8 Å². The number of carbonyl (C=O) groups is 2. The molecule has 1 aliphatic carbocycles. The second kappa shape index (κ2) is 7.28. The Morgan fingerprint density at radius 2 is 1.89 bits per heavy atom. The SMILES string of the molecule is CC1(C)CC[C@@H](NC(=O)c2ccc(NC(=O)c3ccco3)s2)c2ccccc21. The predicted molar refractivity (Wildman–Crippen MR) is 110 cm³/mol. The molecule has 0 fully saturated rings. The first-order valence-corrected chi connectivity index (χ1v) is 10.1. The van der Waals surface area contributed by atoms with Gasteiger partial charge in [-0.25, -0.2) is 0 Å². The summed E-state index contributed by atoms with van der Waals surface area (Å²) >= 11 is 1.25. The van der Waals surface area contributed by atoms with Crippen LogP contribution in [-0.4, -0.2) is 11.8 Å². The molecule has 2 heterocycles. The van der Waals surface area contributed by atoms with Crippen LogP contribution in [0.2, 0.25) is 0 Å². The van der Waals surface area contributed by atoms with E-state index in [9.17, 15) is 9.59 Å². The molecule has 2 N–H and O–H groups in total. The summed E-state index contributed by atoms with van der Waals surface area (Å²) in [7, 11) is 0. The predicted octanol–water partition coefficient (Wildman–Crippen LogP) is 5.14. The number of rotatable bonds is 4. The topological polar surface area (TPSA) is 71.3 Å². The van der Waals surface area contributed by atoms with Crippen molar-refractivity contribution in [3.63, 3.8) is 0 Å². The first-order valence-electron chi connectivity index (χ1n) is 9.29. The van der Waals surface area contributed by atoms with Gasteiger partial charge in [-0.2, -0.15) is 0 Å². The number of amides is 2. The molecule has 6 heteroatoms. The van der Waals surface area contributed by atoms with Crippen molar-refractivity contribution in [2.45, 2.75) is 38.1 Å². The molecule has 144 valence electrons. The summed E-state index contributed by atoms with van der Waals surface area (Å²) in [5.74, 6) is -0.217. The van der Waals surface area contributed by atoms with Crippen molar-refractivity contribution in [1.29, 1.82) is 0 Å². The molecule has 0 aliphatic heterocycles. The second-order valence-electron chi connectivity index (χ2n) is 7.63. The minimum absolute atomic E-state index is 0.0000140. The number of thiophene rings is 1. The highest BCUT2D eigenvalue weighted by Gasteiger charge is 2.33. The van der Waals surface area contributed by atoms with E-state index in [1.54, 1.807) is 24.3 Å². The molecule has 1 aliphatic rings. The molecule has 0 bridgehead atoms. The third-order valence-corrected chi connectivity index (χ3v) is 6.24. The van der Waals surface area contributed by atoms with Crippen molar-refractivity contribution in [1.82, 2.24) is 5.32 Å². The van der Waals surface area contributed by atoms with Gasteiger partial charge < -0.3 is 15.1 Å². The average Bonchev–Trinajstić information content (AvgIpc) is 3.36. The number of anilines is 1. The van der Waals surface area contributed by atoms with E-state index in [4.69, 9.17) is 4.42 Å². The highest BCUT2D eigenvalue weighted by atomic mass is 32.1. The molecular formula is C22H22N2O3S. The van der Waals surface area contributed by atoms with Crippen LogP contribution >= 0.6 is 11.3 Å². The quantitative estimate of drug-likeness (QED) is 0.644. The number of benzene rings is 1. The first kappa shape index (κ1) is 18.5. The van der Waals surface area contributed by atoms with E-state index in [2.05, 4.69) is 42.7 Å². The molecule has 1 aromatic carbocycles. The summed E-state index contributed by atoms with van der Waals surface area (Å²) in [6.07, 6.45) is 3.37. The Balaban J connectivity index is 1.46. The summed E-state index contributed by atoms with van der Waals surface area (Å²) in [6.45, 7) is 4.49. The zero-order valence-corrected chi connectivity index (χ0v) is 16.6. The van der Waals surface area contributed by atoms with Crippen molar-refractivity contribution in [3.8, 4) is 0 Å².